The van der Waals surface area contributed by atoms with Gasteiger partial charge in [0.1, 0.15) is 5.75 Å². The average Bonchev–Trinajstić information content (AvgIpc) is 2.41. The minimum Gasteiger partial charge on any atom is -0.492 e. The van der Waals surface area contributed by atoms with Crippen molar-refractivity contribution < 1.29 is 4.74 Å². The Morgan fingerprint density at radius 3 is 2.33 bits per heavy atom. The summed E-state index contributed by atoms with van der Waals surface area (Å²) in [5, 5.41) is 3.88. The number of hydrogen-bond donors (Lipinski definition) is 2. The molecule has 0 atom stereocenters. The van der Waals surface area contributed by atoms with Crippen LogP contribution in [0.5, 0.6) is 5.75 Å². The lowest BCUT2D eigenvalue weighted by Gasteiger charge is -2.57. The lowest BCUT2D eigenvalue weighted by Crippen LogP contribution is -2.54. The van der Waals surface area contributed by atoms with Gasteiger partial charge in [-0.15, -0.1) is 0 Å². The molecule has 4 bridgehead atoms. The van der Waals surface area contributed by atoms with Gasteiger partial charge in [0.25, 0.3) is 0 Å². The maximum Gasteiger partial charge on any atom is 0.144 e. The van der Waals surface area contributed by atoms with Crippen molar-refractivity contribution in [2.24, 2.45) is 17.8 Å². The van der Waals surface area contributed by atoms with E-state index in [2.05, 4.69) is 17.4 Å². The monoisotopic (exact) mass is 286 g/mol. The van der Waals surface area contributed by atoms with Crippen LogP contribution >= 0.6 is 0 Å². The molecule has 0 saturated heterocycles. The number of ether oxygens (including phenoxy) is 1. The minimum absolute atomic E-state index is 0.342. The van der Waals surface area contributed by atoms with E-state index >= 15 is 0 Å². The molecule has 0 aliphatic heterocycles. The Morgan fingerprint density at radius 1 is 1.14 bits per heavy atom. The van der Waals surface area contributed by atoms with Gasteiger partial charge < -0.3 is 15.8 Å². The third-order valence-corrected chi connectivity index (χ3v) is 5.76. The maximum atomic E-state index is 5.98. The standard InChI is InChI=1S/C18H26N2O/c1-2-21-17-8-15(3-4-16(17)19)20-18-9-12-5-13(10-18)7-14(6-12)11-18/h3-4,8,12-14,20H,2,5-7,9-11,19H2,1H3. The Labute approximate surface area is 127 Å². The first-order valence-corrected chi connectivity index (χ1v) is 8.46. The highest BCUT2D eigenvalue weighted by Gasteiger charge is 2.50. The summed E-state index contributed by atoms with van der Waals surface area (Å²) in [6.07, 6.45) is 8.50. The normalized spacial score (nSPS) is 36.7. The third kappa shape index (κ3) is 2.37. The van der Waals surface area contributed by atoms with E-state index in [0.29, 0.717) is 12.1 Å². The molecule has 5 rings (SSSR count). The van der Waals surface area contributed by atoms with Gasteiger partial charge in [0.2, 0.25) is 0 Å². The van der Waals surface area contributed by atoms with Gasteiger partial charge in [0.05, 0.1) is 12.3 Å². The van der Waals surface area contributed by atoms with Crippen LogP contribution in [0.15, 0.2) is 18.2 Å². The fraction of sp³-hybridized carbons (Fsp3) is 0.667. The van der Waals surface area contributed by atoms with E-state index in [4.69, 9.17) is 10.5 Å². The molecule has 1 aromatic rings. The van der Waals surface area contributed by atoms with Crippen molar-refractivity contribution in [3.8, 4) is 5.75 Å². The van der Waals surface area contributed by atoms with Crippen LogP contribution < -0.4 is 15.8 Å². The van der Waals surface area contributed by atoms with E-state index in [9.17, 15) is 0 Å². The first-order valence-electron chi connectivity index (χ1n) is 8.46. The average molecular weight is 286 g/mol. The second-order valence-electron chi connectivity index (χ2n) is 7.51. The molecule has 3 N–H and O–H groups in total. The summed E-state index contributed by atoms with van der Waals surface area (Å²) in [5.41, 5.74) is 8.23. The lowest BCUT2D eigenvalue weighted by atomic mass is 9.53. The molecule has 3 nitrogen and oxygen atoms in total. The SMILES string of the molecule is CCOc1cc(NC23CC4CC(CC(C4)C2)C3)ccc1N. The Morgan fingerprint density at radius 2 is 1.76 bits per heavy atom. The van der Waals surface area contributed by atoms with Crippen LogP contribution in [0.4, 0.5) is 11.4 Å². The molecule has 4 aliphatic carbocycles. The van der Waals surface area contributed by atoms with Crippen LogP contribution in [0, 0.1) is 17.8 Å². The number of nitrogens with two attached hydrogens (primary N) is 1. The lowest BCUT2D eigenvalue weighted by molar-refractivity contribution is 0.0107. The smallest absolute Gasteiger partial charge is 0.144 e. The molecule has 4 aliphatic rings. The first-order chi connectivity index (χ1) is 10.2. The topological polar surface area (TPSA) is 47.3 Å². The fourth-order valence-corrected chi connectivity index (χ4v) is 5.46. The second-order valence-corrected chi connectivity index (χ2v) is 7.51. The van der Waals surface area contributed by atoms with Crippen LogP contribution in [-0.4, -0.2) is 12.1 Å². The Bertz CT molecular complexity index is 505. The van der Waals surface area contributed by atoms with Crippen LogP contribution in [-0.2, 0) is 0 Å². The van der Waals surface area contributed by atoms with Crippen LogP contribution in [0.2, 0.25) is 0 Å². The largest absolute Gasteiger partial charge is 0.492 e. The van der Waals surface area contributed by atoms with E-state index in [1.54, 1.807) is 0 Å². The Kier molecular flexibility index (Phi) is 3.05. The predicted octanol–water partition coefficient (Wildman–Crippen LogP) is 4.05. The summed E-state index contributed by atoms with van der Waals surface area (Å²) in [4.78, 5) is 0. The van der Waals surface area contributed by atoms with Crippen molar-refractivity contribution in [3.63, 3.8) is 0 Å². The molecular weight excluding hydrogens is 260 g/mol. The fourth-order valence-electron chi connectivity index (χ4n) is 5.46. The van der Waals surface area contributed by atoms with Crippen molar-refractivity contribution in [1.82, 2.24) is 0 Å². The summed E-state index contributed by atoms with van der Waals surface area (Å²) < 4.78 is 5.63. The van der Waals surface area contributed by atoms with Crippen LogP contribution in [0.1, 0.15) is 45.4 Å². The highest BCUT2D eigenvalue weighted by Crippen LogP contribution is 2.56. The molecule has 1 aromatic carbocycles. The van der Waals surface area contributed by atoms with Crippen LogP contribution in [0.25, 0.3) is 0 Å². The van der Waals surface area contributed by atoms with Crippen LogP contribution in [0.3, 0.4) is 0 Å². The zero-order valence-corrected chi connectivity index (χ0v) is 12.9. The molecule has 0 unspecified atom stereocenters. The molecule has 0 amide bonds. The summed E-state index contributed by atoms with van der Waals surface area (Å²) in [5.74, 6) is 3.70. The van der Waals surface area contributed by atoms with Gasteiger partial charge >= 0.3 is 0 Å². The van der Waals surface area contributed by atoms with Gasteiger partial charge in [-0.2, -0.15) is 0 Å². The summed E-state index contributed by atoms with van der Waals surface area (Å²) in [7, 11) is 0. The number of rotatable bonds is 4. The van der Waals surface area contributed by atoms with E-state index < -0.39 is 0 Å². The van der Waals surface area contributed by atoms with E-state index in [1.807, 2.05) is 13.0 Å². The van der Waals surface area contributed by atoms with Gasteiger partial charge in [-0.1, -0.05) is 0 Å². The van der Waals surface area contributed by atoms with Gasteiger partial charge in [-0.3, -0.25) is 0 Å². The molecular formula is C18H26N2O. The Balaban J connectivity index is 1.57. The Hall–Kier alpha value is -1.38. The first kappa shape index (κ1) is 13.3. The molecule has 3 heteroatoms. The summed E-state index contributed by atoms with van der Waals surface area (Å²) in [6.45, 7) is 2.66. The predicted molar refractivity (Wildman–Crippen MR) is 86.5 cm³/mol. The van der Waals surface area contributed by atoms with Gasteiger partial charge in [-0.05, 0) is 75.3 Å². The molecule has 4 fully saturated rings. The van der Waals surface area contributed by atoms with Gasteiger partial charge in [0, 0.05) is 17.3 Å². The highest BCUT2D eigenvalue weighted by atomic mass is 16.5. The third-order valence-electron chi connectivity index (χ3n) is 5.76. The summed E-state index contributed by atoms with van der Waals surface area (Å²) >= 11 is 0. The maximum absolute atomic E-state index is 5.98. The summed E-state index contributed by atoms with van der Waals surface area (Å²) in [6, 6.07) is 6.15. The molecule has 4 saturated carbocycles. The second kappa shape index (κ2) is 4.82. The number of hydrogen-bond acceptors (Lipinski definition) is 3. The zero-order valence-electron chi connectivity index (χ0n) is 12.9. The number of anilines is 2. The zero-order chi connectivity index (χ0) is 14.4. The molecule has 0 radical (unpaired) electrons. The number of benzene rings is 1. The molecule has 21 heavy (non-hydrogen) atoms. The van der Waals surface area contributed by atoms with Crippen molar-refractivity contribution in [2.75, 3.05) is 17.7 Å². The van der Waals surface area contributed by atoms with Gasteiger partial charge in [-0.25, -0.2) is 0 Å². The number of nitrogen functional groups attached to an aromatic ring is 1. The van der Waals surface area contributed by atoms with Gasteiger partial charge in [0.15, 0.2) is 0 Å². The van der Waals surface area contributed by atoms with Crippen molar-refractivity contribution >= 4 is 11.4 Å². The minimum atomic E-state index is 0.342. The quantitative estimate of drug-likeness (QED) is 0.821. The van der Waals surface area contributed by atoms with E-state index in [1.165, 1.54) is 44.2 Å². The van der Waals surface area contributed by atoms with Crippen molar-refractivity contribution in [1.29, 1.82) is 0 Å². The van der Waals surface area contributed by atoms with E-state index in [-0.39, 0.29) is 0 Å². The van der Waals surface area contributed by atoms with Crippen molar-refractivity contribution in [2.45, 2.75) is 51.0 Å². The molecule has 0 spiro atoms. The van der Waals surface area contributed by atoms with E-state index in [0.717, 1.165) is 29.2 Å². The number of nitrogens with one attached hydrogen (secondary N) is 1. The van der Waals surface area contributed by atoms with Crippen molar-refractivity contribution in [3.05, 3.63) is 18.2 Å². The molecule has 0 aromatic heterocycles. The highest BCUT2D eigenvalue weighted by molar-refractivity contribution is 5.62. The molecule has 114 valence electrons. The molecule has 0 heterocycles.